The Balaban J connectivity index is 1.72. The van der Waals surface area contributed by atoms with Crippen molar-refractivity contribution in [3.63, 3.8) is 0 Å². The maximum atomic E-state index is 12.4. The Hall–Kier alpha value is -4.71. The van der Waals surface area contributed by atoms with Gasteiger partial charge in [0.15, 0.2) is 29.2 Å². The molecule has 2 atom stereocenters. The van der Waals surface area contributed by atoms with Gasteiger partial charge in [0.25, 0.3) is 0 Å². The molecule has 12 heteroatoms. The molecule has 0 unspecified atom stereocenters. The number of aliphatic hydroxyl groups is 1. The summed E-state index contributed by atoms with van der Waals surface area (Å²) < 4.78 is 28.1. The summed E-state index contributed by atoms with van der Waals surface area (Å²) in [5.74, 6) is 1.44. The summed E-state index contributed by atoms with van der Waals surface area (Å²) in [5.41, 5.74) is 5.56. The number of esters is 1. The number of hydrogen-bond acceptors (Lipinski definition) is 10. The van der Waals surface area contributed by atoms with E-state index < -0.39 is 24.3 Å². The van der Waals surface area contributed by atoms with Crippen molar-refractivity contribution in [1.29, 1.82) is 0 Å². The lowest BCUT2D eigenvalue weighted by atomic mass is 9.95. The first-order valence-electron chi connectivity index (χ1n) is 14.0. The highest BCUT2D eigenvalue weighted by atomic mass is 16.5. The Morgan fingerprint density at radius 3 is 2.47 bits per heavy atom. The van der Waals surface area contributed by atoms with Crippen LogP contribution in [0.2, 0.25) is 0 Å². The number of carbonyl (C=O) groups excluding carboxylic acids is 2. The number of hydrogen-bond donors (Lipinski definition) is 4. The molecule has 3 rings (SSSR count). The molecule has 2 amide bonds. The minimum atomic E-state index is -1.15. The standard InChI is InChI=1S/C31H40N4O8/c1-7-11-22-14-20(15-25(41-9-3)29(22)42-10-4)17-32-35-26(36)18-43-23-13-12-21(16-24(23)40-8-2)28-27(30(37)39-6)19(5)33-31(38)34-28/h7,12-17,26,28,35-36H,1,8-11,18H2,2-6H3,(H2,33,34,38)/b32-17-/t26-,28-/m1/s1. The third-order valence-electron chi connectivity index (χ3n) is 6.22. The van der Waals surface area contributed by atoms with Crippen LogP contribution in [-0.4, -0.2) is 63.1 Å². The van der Waals surface area contributed by atoms with Gasteiger partial charge in [-0.3, -0.25) is 5.43 Å². The highest BCUT2D eigenvalue weighted by Gasteiger charge is 2.32. The van der Waals surface area contributed by atoms with Gasteiger partial charge in [0, 0.05) is 11.3 Å². The lowest BCUT2D eigenvalue weighted by molar-refractivity contribution is -0.136. The van der Waals surface area contributed by atoms with Crippen molar-refractivity contribution in [1.82, 2.24) is 16.1 Å². The van der Waals surface area contributed by atoms with E-state index in [9.17, 15) is 14.7 Å². The van der Waals surface area contributed by atoms with E-state index in [0.29, 0.717) is 60.5 Å². The van der Waals surface area contributed by atoms with Crippen LogP contribution in [0.25, 0.3) is 0 Å². The monoisotopic (exact) mass is 596 g/mol. The second-order valence-corrected chi connectivity index (χ2v) is 9.28. The van der Waals surface area contributed by atoms with E-state index in [0.717, 1.165) is 11.1 Å². The summed E-state index contributed by atoms with van der Waals surface area (Å²) in [5, 5.41) is 20.0. The van der Waals surface area contributed by atoms with Crippen LogP contribution in [0.4, 0.5) is 4.79 Å². The smallest absolute Gasteiger partial charge is 0.337 e. The molecule has 2 aromatic carbocycles. The number of carbonyl (C=O) groups is 2. The molecule has 232 valence electrons. The Morgan fingerprint density at radius 2 is 1.79 bits per heavy atom. The molecule has 0 saturated heterocycles. The number of nitrogens with zero attached hydrogens (tertiary/aromatic N) is 1. The van der Waals surface area contributed by atoms with Crippen LogP contribution in [0.1, 0.15) is 50.4 Å². The average Bonchev–Trinajstić information content (AvgIpc) is 2.98. The molecule has 0 bridgehead atoms. The zero-order chi connectivity index (χ0) is 31.4. The Morgan fingerprint density at radius 1 is 1.07 bits per heavy atom. The molecule has 0 aliphatic carbocycles. The number of amides is 2. The Kier molecular flexibility index (Phi) is 12.3. The van der Waals surface area contributed by atoms with E-state index in [-0.39, 0.29) is 12.2 Å². The molecule has 0 saturated carbocycles. The van der Waals surface area contributed by atoms with Crippen molar-refractivity contribution in [3.8, 4) is 23.0 Å². The minimum Gasteiger partial charge on any atom is -0.490 e. The van der Waals surface area contributed by atoms with Crippen LogP contribution in [0.5, 0.6) is 23.0 Å². The molecule has 4 N–H and O–H groups in total. The number of ether oxygens (including phenoxy) is 5. The molecule has 43 heavy (non-hydrogen) atoms. The molecule has 0 spiro atoms. The maximum absolute atomic E-state index is 12.4. The van der Waals surface area contributed by atoms with E-state index in [1.54, 1.807) is 37.4 Å². The molecule has 1 aliphatic rings. The summed E-state index contributed by atoms with van der Waals surface area (Å²) in [4.78, 5) is 24.6. The Bertz CT molecular complexity index is 1360. The van der Waals surface area contributed by atoms with Crippen molar-refractivity contribution < 1.29 is 38.4 Å². The highest BCUT2D eigenvalue weighted by molar-refractivity contribution is 5.95. The summed E-state index contributed by atoms with van der Waals surface area (Å²) in [6, 6.07) is 7.56. The third-order valence-corrected chi connectivity index (χ3v) is 6.22. The van der Waals surface area contributed by atoms with Crippen molar-refractivity contribution in [2.24, 2.45) is 5.10 Å². The molecular weight excluding hydrogens is 556 g/mol. The van der Waals surface area contributed by atoms with E-state index in [1.807, 2.05) is 32.9 Å². The molecule has 12 nitrogen and oxygen atoms in total. The van der Waals surface area contributed by atoms with Gasteiger partial charge in [-0.05, 0) is 69.5 Å². The van der Waals surface area contributed by atoms with Crippen LogP contribution in [-0.2, 0) is 16.0 Å². The van der Waals surface area contributed by atoms with E-state index in [1.165, 1.54) is 7.11 Å². The van der Waals surface area contributed by atoms with Gasteiger partial charge < -0.3 is 39.4 Å². The molecular formula is C31H40N4O8. The largest absolute Gasteiger partial charge is 0.490 e. The lowest BCUT2D eigenvalue weighted by Crippen LogP contribution is -2.45. The second-order valence-electron chi connectivity index (χ2n) is 9.28. The number of hydrazone groups is 1. The van der Waals surface area contributed by atoms with Crippen LogP contribution >= 0.6 is 0 Å². The van der Waals surface area contributed by atoms with Gasteiger partial charge in [-0.2, -0.15) is 5.10 Å². The number of benzene rings is 2. The number of rotatable bonds is 16. The SMILES string of the molecule is C=CCc1cc(/C=N\N[C@H](O)COc2ccc([C@H]3NC(=O)NC(C)=C3C(=O)OC)cc2OCC)cc(OCC)c1OCC. The van der Waals surface area contributed by atoms with Crippen molar-refractivity contribution in [3.05, 3.63) is 70.9 Å². The fraction of sp³-hybridized carbons (Fsp3) is 0.387. The van der Waals surface area contributed by atoms with Gasteiger partial charge in [-0.25, -0.2) is 9.59 Å². The lowest BCUT2D eigenvalue weighted by Gasteiger charge is -2.28. The first-order valence-corrected chi connectivity index (χ1v) is 14.0. The van der Waals surface area contributed by atoms with Gasteiger partial charge in [-0.15, -0.1) is 6.58 Å². The second kappa shape index (κ2) is 16.1. The van der Waals surface area contributed by atoms with Gasteiger partial charge in [0.05, 0.1) is 44.8 Å². The normalized spacial score (nSPS) is 15.3. The third kappa shape index (κ3) is 8.65. The van der Waals surface area contributed by atoms with E-state index >= 15 is 0 Å². The number of aliphatic hydroxyl groups excluding tert-OH is 1. The van der Waals surface area contributed by atoms with Gasteiger partial charge in [0.1, 0.15) is 6.61 Å². The molecule has 0 fully saturated rings. The maximum Gasteiger partial charge on any atom is 0.337 e. The quantitative estimate of drug-likeness (QED) is 0.0748. The molecule has 1 aliphatic heterocycles. The summed E-state index contributed by atoms with van der Waals surface area (Å²) in [6.07, 6.45) is 2.80. The fourth-order valence-electron chi connectivity index (χ4n) is 4.46. The van der Waals surface area contributed by atoms with Crippen LogP contribution in [0, 0.1) is 0 Å². The Labute approximate surface area is 251 Å². The summed E-state index contributed by atoms with van der Waals surface area (Å²) in [6.45, 7) is 12.2. The van der Waals surface area contributed by atoms with Crippen molar-refractivity contribution in [2.75, 3.05) is 33.5 Å². The predicted molar refractivity (Wildman–Crippen MR) is 162 cm³/mol. The number of urea groups is 1. The van der Waals surface area contributed by atoms with E-state index in [2.05, 4.69) is 27.7 Å². The zero-order valence-corrected chi connectivity index (χ0v) is 25.2. The topological polar surface area (TPSA) is 149 Å². The number of allylic oxidation sites excluding steroid dienone is 2. The minimum absolute atomic E-state index is 0.150. The van der Waals surface area contributed by atoms with Gasteiger partial charge >= 0.3 is 12.0 Å². The fourth-order valence-corrected chi connectivity index (χ4v) is 4.46. The molecule has 0 aromatic heterocycles. The summed E-state index contributed by atoms with van der Waals surface area (Å²) >= 11 is 0. The van der Waals surface area contributed by atoms with Gasteiger partial charge in [0.2, 0.25) is 0 Å². The molecule has 2 aromatic rings. The highest BCUT2D eigenvalue weighted by Crippen LogP contribution is 2.35. The zero-order valence-electron chi connectivity index (χ0n) is 25.2. The van der Waals surface area contributed by atoms with Crippen LogP contribution in [0.15, 0.2) is 59.4 Å². The molecule has 0 radical (unpaired) electrons. The molecule has 1 heterocycles. The van der Waals surface area contributed by atoms with Crippen LogP contribution in [0.3, 0.4) is 0 Å². The average molecular weight is 597 g/mol. The van der Waals surface area contributed by atoms with Gasteiger partial charge in [-0.1, -0.05) is 12.1 Å². The summed E-state index contributed by atoms with van der Waals surface area (Å²) in [7, 11) is 1.28. The van der Waals surface area contributed by atoms with Crippen molar-refractivity contribution in [2.45, 2.75) is 46.4 Å². The van der Waals surface area contributed by atoms with Crippen LogP contribution < -0.4 is 35.0 Å². The van der Waals surface area contributed by atoms with Crippen molar-refractivity contribution >= 4 is 18.2 Å². The predicted octanol–water partition coefficient (Wildman–Crippen LogP) is 3.73. The van der Waals surface area contributed by atoms with E-state index in [4.69, 9.17) is 23.7 Å². The first-order chi connectivity index (χ1) is 20.8. The number of methoxy groups -OCH3 is 1. The number of nitrogens with one attached hydrogen (secondary N) is 3. The first kappa shape index (κ1) is 32.8.